The van der Waals surface area contributed by atoms with Gasteiger partial charge >= 0.3 is 0 Å². The zero-order valence-electron chi connectivity index (χ0n) is 13.6. The molecule has 1 heterocycles. The largest absolute Gasteiger partial charge is 0.360 e. The van der Waals surface area contributed by atoms with Crippen LogP contribution in [0.15, 0.2) is 42.5 Å². The number of benzene rings is 2. The first-order valence-electron chi connectivity index (χ1n) is 8.12. The highest BCUT2D eigenvalue weighted by Crippen LogP contribution is 2.30. The Morgan fingerprint density at radius 2 is 2.00 bits per heavy atom. The van der Waals surface area contributed by atoms with E-state index >= 15 is 0 Å². The molecule has 3 rings (SSSR count). The molecule has 3 nitrogen and oxygen atoms in total. The van der Waals surface area contributed by atoms with Gasteiger partial charge in [-0.2, -0.15) is 0 Å². The maximum Gasteiger partial charge on any atom is 0.239 e. The summed E-state index contributed by atoms with van der Waals surface area (Å²) in [6.07, 6.45) is 1.40. The SMILES string of the molecule is CC(NC(=O)CN1CCCc2cc(F)cc(F)c21)c1ccccc1. The van der Waals surface area contributed by atoms with Gasteiger partial charge in [-0.1, -0.05) is 30.3 Å². The van der Waals surface area contributed by atoms with E-state index in [1.54, 1.807) is 4.90 Å². The average Bonchev–Trinajstić information content (AvgIpc) is 2.55. The van der Waals surface area contributed by atoms with Crippen molar-refractivity contribution in [3.05, 3.63) is 65.2 Å². The second-order valence-corrected chi connectivity index (χ2v) is 6.12. The van der Waals surface area contributed by atoms with E-state index in [0.717, 1.165) is 18.1 Å². The first-order valence-corrected chi connectivity index (χ1v) is 8.12. The zero-order chi connectivity index (χ0) is 17.1. The first-order chi connectivity index (χ1) is 11.5. The normalized spacial score (nSPS) is 14.9. The van der Waals surface area contributed by atoms with Crippen LogP contribution in [-0.2, 0) is 11.2 Å². The Bertz CT molecular complexity index is 734. The molecular weight excluding hydrogens is 310 g/mol. The van der Waals surface area contributed by atoms with Crippen molar-refractivity contribution < 1.29 is 13.6 Å². The van der Waals surface area contributed by atoms with E-state index < -0.39 is 11.6 Å². The van der Waals surface area contributed by atoms with Gasteiger partial charge in [-0.05, 0) is 37.0 Å². The molecule has 5 heteroatoms. The molecule has 0 aliphatic carbocycles. The number of amides is 1. The Balaban J connectivity index is 1.70. The Morgan fingerprint density at radius 1 is 1.25 bits per heavy atom. The lowest BCUT2D eigenvalue weighted by Gasteiger charge is -2.31. The molecule has 0 radical (unpaired) electrons. The van der Waals surface area contributed by atoms with Crippen LogP contribution in [0, 0.1) is 11.6 Å². The van der Waals surface area contributed by atoms with Crippen LogP contribution in [0.2, 0.25) is 0 Å². The molecule has 1 unspecified atom stereocenters. The van der Waals surface area contributed by atoms with Gasteiger partial charge in [0.05, 0.1) is 18.3 Å². The van der Waals surface area contributed by atoms with Crippen LogP contribution in [0.25, 0.3) is 0 Å². The van der Waals surface area contributed by atoms with Crippen molar-refractivity contribution in [1.29, 1.82) is 0 Å². The number of aryl methyl sites for hydroxylation is 1. The summed E-state index contributed by atoms with van der Waals surface area (Å²) in [5.41, 5.74) is 1.99. The molecule has 1 amide bonds. The molecule has 24 heavy (non-hydrogen) atoms. The van der Waals surface area contributed by atoms with Gasteiger partial charge in [-0.3, -0.25) is 4.79 Å². The van der Waals surface area contributed by atoms with Crippen molar-refractivity contribution in [3.8, 4) is 0 Å². The third-order valence-corrected chi connectivity index (χ3v) is 4.31. The highest BCUT2D eigenvalue weighted by atomic mass is 19.1. The van der Waals surface area contributed by atoms with Crippen LogP contribution in [0.3, 0.4) is 0 Å². The topological polar surface area (TPSA) is 32.3 Å². The monoisotopic (exact) mass is 330 g/mol. The lowest BCUT2D eigenvalue weighted by atomic mass is 10.0. The van der Waals surface area contributed by atoms with Gasteiger partial charge in [-0.25, -0.2) is 8.78 Å². The fourth-order valence-corrected chi connectivity index (χ4v) is 3.18. The molecule has 126 valence electrons. The molecule has 0 saturated carbocycles. The van der Waals surface area contributed by atoms with Crippen LogP contribution in [-0.4, -0.2) is 19.0 Å². The molecule has 0 saturated heterocycles. The zero-order valence-corrected chi connectivity index (χ0v) is 13.6. The van der Waals surface area contributed by atoms with Gasteiger partial charge in [0.2, 0.25) is 5.91 Å². The summed E-state index contributed by atoms with van der Waals surface area (Å²) in [6, 6.07) is 11.8. The minimum Gasteiger partial charge on any atom is -0.360 e. The van der Waals surface area contributed by atoms with Crippen molar-refractivity contribution in [2.24, 2.45) is 0 Å². The van der Waals surface area contributed by atoms with Gasteiger partial charge in [-0.15, -0.1) is 0 Å². The third kappa shape index (κ3) is 3.55. The first kappa shape index (κ1) is 16.4. The summed E-state index contributed by atoms with van der Waals surface area (Å²) in [5.74, 6) is -1.35. The van der Waals surface area contributed by atoms with E-state index in [4.69, 9.17) is 0 Å². The minimum absolute atomic E-state index is 0.0622. The van der Waals surface area contributed by atoms with Gasteiger partial charge in [0.15, 0.2) is 0 Å². The van der Waals surface area contributed by atoms with E-state index in [9.17, 15) is 13.6 Å². The number of anilines is 1. The van der Waals surface area contributed by atoms with Crippen LogP contribution in [0.4, 0.5) is 14.5 Å². The molecule has 1 atom stereocenters. The van der Waals surface area contributed by atoms with E-state index in [2.05, 4.69) is 5.32 Å². The molecule has 0 aromatic heterocycles. The van der Waals surface area contributed by atoms with E-state index in [1.807, 2.05) is 37.3 Å². The number of hydrogen-bond acceptors (Lipinski definition) is 2. The molecular formula is C19H20F2N2O. The molecule has 2 aromatic rings. The lowest BCUT2D eigenvalue weighted by Crippen LogP contribution is -2.41. The Morgan fingerprint density at radius 3 is 2.75 bits per heavy atom. The fourth-order valence-electron chi connectivity index (χ4n) is 3.18. The fraction of sp³-hybridized carbons (Fsp3) is 0.316. The average molecular weight is 330 g/mol. The molecule has 1 aliphatic rings. The maximum absolute atomic E-state index is 14.1. The van der Waals surface area contributed by atoms with Crippen molar-refractivity contribution in [3.63, 3.8) is 0 Å². The van der Waals surface area contributed by atoms with Gasteiger partial charge < -0.3 is 10.2 Å². The molecule has 1 aliphatic heterocycles. The van der Waals surface area contributed by atoms with Crippen molar-refractivity contribution >= 4 is 11.6 Å². The number of carbonyl (C=O) groups is 1. The third-order valence-electron chi connectivity index (χ3n) is 4.31. The summed E-state index contributed by atoms with van der Waals surface area (Å²) >= 11 is 0. The van der Waals surface area contributed by atoms with Gasteiger partial charge in [0.1, 0.15) is 11.6 Å². The highest BCUT2D eigenvalue weighted by molar-refractivity contribution is 5.82. The number of nitrogens with one attached hydrogen (secondary N) is 1. The summed E-state index contributed by atoms with van der Waals surface area (Å²) < 4.78 is 27.5. The smallest absolute Gasteiger partial charge is 0.239 e. The van der Waals surface area contributed by atoms with Crippen molar-refractivity contribution in [2.75, 3.05) is 18.0 Å². The van der Waals surface area contributed by atoms with E-state index in [0.29, 0.717) is 24.2 Å². The summed E-state index contributed by atoms with van der Waals surface area (Å²) in [7, 11) is 0. The number of rotatable bonds is 4. The van der Waals surface area contributed by atoms with Gasteiger partial charge in [0, 0.05) is 12.6 Å². The lowest BCUT2D eigenvalue weighted by molar-refractivity contribution is -0.120. The predicted molar refractivity (Wildman–Crippen MR) is 89.9 cm³/mol. The van der Waals surface area contributed by atoms with Crippen molar-refractivity contribution in [2.45, 2.75) is 25.8 Å². The van der Waals surface area contributed by atoms with E-state index in [1.165, 1.54) is 6.07 Å². The summed E-state index contributed by atoms with van der Waals surface area (Å²) in [6.45, 7) is 2.56. The summed E-state index contributed by atoms with van der Waals surface area (Å²) in [4.78, 5) is 14.0. The van der Waals surface area contributed by atoms with Crippen LogP contribution >= 0.6 is 0 Å². The van der Waals surface area contributed by atoms with Crippen molar-refractivity contribution in [1.82, 2.24) is 5.32 Å². The Hall–Kier alpha value is -2.43. The molecule has 2 aromatic carbocycles. The molecule has 1 N–H and O–H groups in total. The molecule has 0 bridgehead atoms. The number of nitrogens with zero attached hydrogens (tertiary/aromatic N) is 1. The standard InChI is InChI=1S/C19H20F2N2O/c1-13(14-6-3-2-4-7-14)22-18(24)12-23-9-5-8-15-10-16(20)11-17(21)19(15)23/h2-4,6-7,10-11,13H,5,8-9,12H2,1H3,(H,22,24). The number of fused-ring (bicyclic) bond motifs is 1. The maximum atomic E-state index is 14.1. The Kier molecular flexibility index (Phi) is 4.79. The van der Waals surface area contributed by atoms with Crippen LogP contribution < -0.4 is 10.2 Å². The predicted octanol–water partition coefficient (Wildman–Crippen LogP) is 3.59. The Labute approximate surface area is 140 Å². The number of hydrogen-bond donors (Lipinski definition) is 1. The second-order valence-electron chi connectivity index (χ2n) is 6.12. The number of carbonyl (C=O) groups excluding carboxylic acids is 1. The molecule has 0 fully saturated rings. The van der Waals surface area contributed by atoms with Crippen LogP contribution in [0.1, 0.15) is 30.5 Å². The minimum atomic E-state index is -0.603. The number of halogens is 2. The van der Waals surface area contributed by atoms with E-state index in [-0.39, 0.29) is 18.5 Å². The summed E-state index contributed by atoms with van der Waals surface area (Å²) in [5, 5.41) is 2.93. The highest BCUT2D eigenvalue weighted by Gasteiger charge is 2.24. The second kappa shape index (κ2) is 6.99. The quantitative estimate of drug-likeness (QED) is 0.929. The van der Waals surface area contributed by atoms with Gasteiger partial charge in [0.25, 0.3) is 0 Å². The van der Waals surface area contributed by atoms with Crippen LogP contribution in [0.5, 0.6) is 0 Å². The molecule has 0 spiro atoms.